The van der Waals surface area contributed by atoms with Crippen molar-refractivity contribution in [3.63, 3.8) is 0 Å². The lowest BCUT2D eigenvalue weighted by Crippen LogP contribution is -1.90. The molecule has 1 rings (SSSR count). The Morgan fingerprint density at radius 1 is 1.45 bits per heavy atom. The molecule has 0 aliphatic heterocycles. The molecule has 0 radical (unpaired) electrons. The molecule has 1 aromatic carbocycles. The second-order valence-electron chi connectivity index (χ2n) is 2.74. The fraction of sp³-hybridized carbons (Fsp3) is 0.400. The highest BCUT2D eigenvalue weighted by atomic mass is 19.1. The van der Waals surface area contributed by atoms with Gasteiger partial charge >= 0.3 is 0 Å². The van der Waals surface area contributed by atoms with E-state index in [2.05, 4.69) is 6.92 Å². The Hall–Kier alpha value is -0.850. The summed E-state index contributed by atoms with van der Waals surface area (Å²) in [6, 6.07) is 6.51. The Balaban J connectivity index is 2.68. The Labute approximate surface area is 68.5 Å². The third-order valence-electron chi connectivity index (χ3n) is 1.87. The summed E-state index contributed by atoms with van der Waals surface area (Å²) in [6.07, 6.45) is 0.839. The highest BCUT2D eigenvalue weighted by Crippen LogP contribution is 2.17. The van der Waals surface area contributed by atoms with Crippen LogP contribution in [0.3, 0.4) is 0 Å². The van der Waals surface area contributed by atoms with E-state index in [1.807, 2.05) is 0 Å². The van der Waals surface area contributed by atoms with Crippen LogP contribution in [0.4, 0.5) is 4.39 Å². The summed E-state index contributed by atoms with van der Waals surface area (Å²) in [5.74, 6) is 0.167. The average molecular weight is 153 g/mol. The zero-order valence-electron chi connectivity index (χ0n) is 7.68. The Kier molecular flexibility index (Phi) is 2.18. The van der Waals surface area contributed by atoms with Gasteiger partial charge in [0.2, 0.25) is 0 Å². The van der Waals surface area contributed by atoms with Gasteiger partial charge in [-0.15, -0.1) is 0 Å². The number of hydrogen-bond donors (Lipinski definition) is 0. The first-order chi connectivity index (χ1) is 5.74. The molecule has 0 nitrogen and oxygen atoms in total. The monoisotopic (exact) mass is 153 g/mol. The van der Waals surface area contributed by atoms with Crippen molar-refractivity contribution in [2.45, 2.75) is 26.2 Å². The first-order valence-electron chi connectivity index (χ1n) is 4.49. The van der Waals surface area contributed by atoms with Crippen LogP contribution in [0.15, 0.2) is 24.3 Å². The largest absolute Gasteiger partial charge is 0.207 e. The van der Waals surface area contributed by atoms with E-state index in [9.17, 15) is 4.39 Å². The van der Waals surface area contributed by atoms with E-state index in [1.54, 1.807) is 12.1 Å². The van der Waals surface area contributed by atoms with Gasteiger partial charge < -0.3 is 0 Å². The second kappa shape index (κ2) is 3.51. The normalized spacial score (nSPS) is 14.2. The van der Waals surface area contributed by atoms with Crippen molar-refractivity contribution >= 4 is 0 Å². The lowest BCUT2D eigenvalue weighted by molar-refractivity contribution is 0.625. The van der Waals surface area contributed by atoms with Crippen LogP contribution in [0.5, 0.6) is 0 Å². The van der Waals surface area contributed by atoms with Gasteiger partial charge in [0.05, 0.1) is 0 Å². The van der Waals surface area contributed by atoms with Gasteiger partial charge in [-0.2, -0.15) is 0 Å². The molecular weight excluding hydrogens is 139 g/mol. The lowest BCUT2D eigenvalue weighted by Gasteiger charge is -2.07. The zero-order chi connectivity index (χ0) is 8.97. The number of hydrogen-bond acceptors (Lipinski definition) is 0. The highest BCUT2D eigenvalue weighted by molar-refractivity contribution is 5.19. The maximum Gasteiger partial charge on any atom is 0.123 e. The molecule has 11 heavy (non-hydrogen) atoms. The summed E-state index contributed by atoms with van der Waals surface area (Å²) < 4.78 is 19.5. The third-order valence-corrected chi connectivity index (χ3v) is 1.87. The molecule has 1 heteroatoms. The van der Waals surface area contributed by atoms with Crippen molar-refractivity contribution < 1.29 is 5.76 Å². The minimum Gasteiger partial charge on any atom is -0.207 e. The highest BCUT2D eigenvalue weighted by Gasteiger charge is 2.01. The molecule has 0 bridgehead atoms. The second-order valence-corrected chi connectivity index (χ2v) is 2.74. The molecular formula is C10H13F. The smallest absolute Gasteiger partial charge is 0.123 e. The molecule has 0 aliphatic carbocycles. The summed E-state index contributed by atoms with van der Waals surface area (Å²) in [5, 5.41) is 0. The number of rotatable bonds is 2. The Bertz CT molecular complexity index is 230. The molecule has 0 aromatic heterocycles. The molecule has 1 atom stereocenters. The van der Waals surface area contributed by atoms with Crippen LogP contribution in [0, 0.1) is 5.82 Å². The van der Waals surface area contributed by atoms with E-state index in [0.29, 0.717) is 12.8 Å². The maximum absolute atomic E-state index is 12.5. The van der Waals surface area contributed by atoms with E-state index in [4.69, 9.17) is 1.37 Å². The Morgan fingerprint density at radius 3 is 2.64 bits per heavy atom. The van der Waals surface area contributed by atoms with Gasteiger partial charge in [-0.05, 0) is 30.0 Å². The van der Waals surface area contributed by atoms with Crippen molar-refractivity contribution in [3.8, 4) is 0 Å². The molecule has 0 fully saturated rings. The zero-order valence-corrected chi connectivity index (χ0v) is 6.68. The van der Waals surface area contributed by atoms with Crippen molar-refractivity contribution in [1.82, 2.24) is 0 Å². The molecule has 0 spiro atoms. The minimum atomic E-state index is -0.197. The minimum absolute atomic E-state index is 0.197. The molecule has 1 aromatic rings. The predicted octanol–water partition coefficient (Wildman–Crippen LogP) is 3.34. The van der Waals surface area contributed by atoms with Crippen molar-refractivity contribution in [2.75, 3.05) is 0 Å². The molecule has 0 unspecified atom stereocenters. The van der Waals surface area contributed by atoms with Gasteiger partial charge in [-0.3, -0.25) is 0 Å². The fourth-order valence-corrected chi connectivity index (χ4v) is 0.958. The topological polar surface area (TPSA) is 0 Å². The van der Waals surface area contributed by atoms with Crippen LogP contribution in [0.2, 0.25) is 0 Å². The van der Waals surface area contributed by atoms with Gasteiger partial charge in [0.15, 0.2) is 0 Å². The Morgan fingerprint density at radius 2 is 2.09 bits per heavy atom. The van der Waals surface area contributed by atoms with Crippen molar-refractivity contribution in [3.05, 3.63) is 35.6 Å². The lowest BCUT2D eigenvalue weighted by atomic mass is 9.99. The van der Waals surface area contributed by atoms with Gasteiger partial charge in [0.25, 0.3) is 0 Å². The van der Waals surface area contributed by atoms with Crippen LogP contribution in [0.25, 0.3) is 0 Å². The molecule has 0 N–H and O–H groups in total. The summed E-state index contributed by atoms with van der Waals surface area (Å²) in [4.78, 5) is 0. The first kappa shape index (κ1) is 6.84. The molecule has 0 amide bonds. The van der Waals surface area contributed by atoms with Crippen LogP contribution in [0.1, 0.15) is 33.1 Å². The van der Waals surface area contributed by atoms with E-state index in [-0.39, 0.29) is 5.82 Å². The van der Waals surface area contributed by atoms with Crippen LogP contribution < -0.4 is 0 Å². The van der Waals surface area contributed by atoms with E-state index in [0.717, 1.165) is 12.0 Å². The fourth-order valence-electron chi connectivity index (χ4n) is 0.958. The van der Waals surface area contributed by atoms with Gasteiger partial charge in [0.1, 0.15) is 5.82 Å². The van der Waals surface area contributed by atoms with E-state index in [1.165, 1.54) is 12.1 Å². The van der Waals surface area contributed by atoms with Crippen LogP contribution in [-0.2, 0) is 0 Å². The number of halogens is 1. The van der Waals surface area contributed by atoms with Crippen LogP contribution >= 0.6 is 0 Å². The van der Waals surface area contributed by atoms with Crippen LogP contribution in [-0.4, -0.2) is 0 Å². The molecule has 0 aliphatic rings. The summed E-state index contributed by atoms with van der Waals surface area (Å²) in [5.41, 5.74) is 1.11. The average Bonchev–Trinajstić information content (AvgIpc) is 2.06. The molecule has 0 heterocycles. The van der Waals surface area contributed by atoms with E-state index >= 15 is 0 Å². The molecule has 60 valence electrons. The van der Waals surface area contributed by atoms with E-state index < -0.39 is 0 Å². The van der Waals surface area contributed by atoms with Gasteiger partial charge in [-0.1, -0.05) is 26.0 Å². The van der Waals surface area contributed by atoms with Crippen molar-refractivity contribution in [2.24, 2.45) is 0 Å². The summed E-state index contributed by atoms with van der Waals surface area (Å²) in [6.45, 7) is 2.49. The standard InChI is InChI=1S/C10H13F/c1-3-8(2)9-4-6-10(11)7-5-9/h4-8H,3H2,1-2H3/t8-/m1/s1/i1D. The maximum atomic E-state index is 12.5. The number of benzene rings is 1. The van der Waals surface area contributed by atoms with Gasteiger partial charge in [-0.25, -0.2) is 4.39 Å². The first-order valence-corrected chi connectivity index (χ1v) is 3.78. The predicted molar refractivity (Wildman–Crippen MR) is 45.1 cm³/mol. The quantitative estimate of drug-likeness (QED) is 0.611. The van der Waals surface area contributed by atoms with Crippen molar-refractivity contribution in [1.29, 1.82) is 0 Å². The molecule has 0 saturated carbocycles. The summed E-state index contributed by atoms with van der Waals surface area (Å²) >= 11 is 0. The van der Waals surface area contributed by atoms with Gasteiger partial charge in [0, 0.05) is 1.37 Å². The SMILES string of the molecule is [2H]CC[C@@H](C)c1ccc(F)cc1. The summed E-state index contributed by atoms with van der Waals surface area (Å²) in [7, 11) is 0. The third kappa shape index (κ3) is 2.04. The molecule has 0 saturated heterocycles.